The van der Waals surface area contributed by atoms with Gasteiger partial charge in [0.05, 0.1) is 12.2 Å². The van der Waals surface area contributed by atoms with Crippen LogP contribution in [0.1, 0.15) is 55.9 Å². The van der Waals surface area contributed by atoms with Gasteiger partial charge in [0.25, 0.3) is 0 Å². The maximum atomic E-state index is 11.7. The molecular weight excluding hydrogens is 420 g/mol. The van der Waals surface area contributed by atoms with E-state index in [-0.39, 0.29) is 19.3 Å². The van der Waals surface area contributed by atoms with Gasteiger partial charge in [-0.3, -0.25) is 0 Å². The van der Waals surface area contributed by atoms with Gasteiger partial charge in [-0.15, -0.1) is 0 Å². The van der Waals surface area contributed by atoms with Crippen molar-refractivity contribution in [3.8, 4) is 0 Å². The largest absolute Gasteiger partial charge is 0.394 e. The molecule has 2 aromatic rings. The van der Waals surface area contributed by atoms with E-state index in [0.29, 0.717) is 12.0 Å². The first-order valence-electron chi connectivity index (χ1n) is 11.9. The molecule has 0 saturated heterocycles. The van der Waals surface area contributed by atoms with Crippen LogP contribution in [0, 0.1) is 0 Å². The molecule has 6 nitrogen and oxygen atoms in total. The van der Waals surface area contributed by atoms with E-state index in [0.717, 1.165) is 29.5 Å². The van der Waals surface area contributed by atoms with Crippen LogP contribution < -0.4 is 0 Å². The van der Waals surface area contributed by atoms with Gasteiger partial charge in [-0.25, -0.2) is 0 Å². The molecule has 33 heavy (non-hydrogen) atoms. The lowest BCUT2D eigenvalue weighted by Crippen LogP contribution is -2.66. The van der Waals surface area contributed by atoms with Gasteiger partial charge in [0.2, 0.25) is 0 Å². The van der Waals surface area contributed by atoms with Crippen molar-refractivity contribution in [2.45, 2.75) is 88.8 Å². The van der Waals surface area contributed by atoms with E-state index in [1.165, 1.54) is 0 Å². The zero-order valence-electron chi connectivity index (χ0n) is 20.0. The van der Waals surface area contributed by atoms with Crippen LogP contribution in [0.3, 0.4) is 0 Å². The Morgan fingerprint density at radius 3 is 1.70 bits per heavy atom. The molecule has 0 saturated carbocycles. The number of rotatable bonds is 13. The summed E-state index contributed by atoms with van der Waals surface area (Å²) in [6.45, 7) is 5.09. The molecule has 1 unspecified atom stereocenters. The standard InChI is InChI=1S/C27H40O6/c1-4-13-26(32,16-21-11-7-9-19(5-2)14-21)25(31)27(33,24(30)23(29)18-28)17-22-12-8-10-20(6-3)15-22/h7-12,14-15,23-25,28-33H,4-6,13,16-18H2,1-3H3/t23-,24+,25+,26?,27+/m0/s1. The molecule has 184 valence electrons. The van der Waals surface area contributed by atoms with Gasteiger partial charge >= 0.3 is 0 Å². The summed E-state index contributed by atoms with van der Waals surface area (Å²) >= 11 is 0. The topological polar surface area (TPSA) is 121 Å². The molecule has 0 aliphatic carbocycles. The van der Waals surface area contributed by atoms with Gasteiger partial charge in [0.1, 0.15) is 23.9 Å². The Bertz CT molecular complexity index is 871. The predicted octanol–water partition coefficient (Wildman–Crippen LogP) is 1.93. The molecule has 0 bridgehead atoms. The zero-order chi connectivity index (χ0) is 24.6. The average molecular weight is 461 g/mol. The highest BCUT2D eigenvalue weighted by Crippen LogP contribution is 2.35. The summed E-state index contributed by atoms with van der Waals surface area (Å²) in [5, 5.41) is 65.2. The summed E-state index contributed by atoms with van der Waals surface area (Å²) in [4.78, 5) is 0. The smallest absolute Gasteiger partial charge is 0.126 e. The minimum absolute atomic E-state index is 0.0646. The second-order valence-electron chi connectivity index (χ2n) is 9.14. The van der Waals surface area contributed by atoms with Crippen molar-refractivity contribution in [3.63, 3.8) is 0 Å². The third kappa shape index (κ3) is 6.63. The van der Waals surface area contributed by atoms with Gasteiger partial charge < -0.3 is 30.6 Å². The van der Waals surface area contributed by atoms with E-state index in [4.69, 9.17) is 0 Å². The number of hydrogen-bond donors (Lipinski definition) is 6. The molecule has 0 spiro atoms. The molecule has 0 aliphatic heterocycles. The van der Waals surface area contributed by atoms with Crippen LogP contribution in [0.25, 0.3) is 0 Å². The monoisotopic (exact) mass is 460 g/mol. The molecule has 0 amide bonds. The van der Waals surface area contributed by atoms with Crippen molar-refractivity contribution in [1.29, 1.82) is 0 Å². The molecule has 0 aliphatic rings. The second-order valence-corrected chi connectivity index (χ2v) is 9.14. The Balaban J connectivity index is 2.50. The molecule has 6 N–H and O–H groups in total. The second kappa shape index (κ2) is 12.1. The Hall–Kier alpha value is -1.80. The average Bonchev–Trinajstić information content (AvgIpc) is 2.82. The first kappa shape index (κ1) is 27.4. The highest BCUT2D eigenvalue weighted by Gasteiger charge is 2.54. The summed E-state index contributed by atoms with van der Waals surface area (Å²) in [5.74, 6) is 0. The lowest BCUT2D eigenvalue weighted by Gasteiger charge is -2.46. The number of aryl methyl sites for hydroxylation is 2. The molecule has 0 heterocycles. The normalized spacial score (nSPS) is 18.2. The fourth-order valence-corrected chi connectivity index (χ4v) is 4.62. The van der Waals surface area contributed by atoms with E-state index in [1.54, 1.807) is 6.07 Å². The Morgan fingerprint density at radius 1 is 0.758 bits per heavy atom. The summed E-state index contributed by atoms with van der Waals surface area (Å²) in [6, 6.07) is 15.1. The number of aliphatic hydroxyl groups is 6. The van der Waals surface area contributed by atoms with Crippen LogP contribution in [-0.4, -0.2) is 66.8 Å². The maximum absolute atomic E-state index is 11.7. The maximum Gasteiger partial charge on any atom is 0.126 e. The van der Waals surface area contributed by atoms with E-state index in [2.05, 4.69) is 0 Å². The number of aliphatic hydroxyl groups excluding tert-OH is 4. The lowest BCUT2D eigenvalue weighted by molar-refractivity contribution is -0.230. The summed E-state index contributed by atoms with van der Waals surface area (Å²) < 4.78 is 0. The van der Waals surface area contributed by atoms with Crippen LogP contribution in [0.5, 0.6) is 0 Å². The van der Waals surface area contributed by atoms with Crippen LogP contribution in [0.15, 0.2) is 48.5 Å². The minimum Gasteiger partial charge on any atom is -0.394 e. The molecule has 2 rings (SSSR count). The number of benzene rings is 2. The molecule has 0 fully saturated rings. The van der Waals surface area contributed by atoms with Gasteiger partial charge in [0, 0.05) is 12.8 Å². The van der Waals surface area contributed by atoms with Crippen molar-refractivity contribution in [2.75, 3.05) is 6.61 Å². The first-order chi connectivity index (χ1) is 15.6. The lowest BCUT2D eigenvalue weighted by atomic mass is 9.71. The minimum atomic E-state index is -2.30. The fourth-order valence-electron chi connectivity index (χ4n) is 4.62. The Kier molecular flexibility index (Phi) is 10.0. The van der Waals surface area contributed by atoms with E-state index >= 15 is 0 Å². The molecule has 0 radical (unpaired) electrons. The highest BCUT2D eigenvalue weighted by molar-refractivity contribution is 5.28. The third-order valence-electron chi connectivity index (χ3n) is 6.53. The van der Waals surface area contributed by atoms with Crippen LogP contribution >= 0.6 is 0 Å². The van der Waals surface area contributed by atoms with Crippen molar-refractivity contribution in [2.24, 2.45) is 0 Å². The van der Waals surface area contributed by atoms with E-state index in [9.17, 15) is 30.6 Å². The van der Waals surface area contributed by atoms with Crippen molar-refractivity contribution in [1.82, 2.24) is 0 Å². The van der Waals surface area contributed by atoms with Crippen molar-refractivity contribution >= 4 is 0 Å². The molecule has 0 aromatic heterocycles. The van der Waals surface area contributed by atoms with Gasteiger partial charge in [-0.05, 0) is 41.5 Å². The van der Waals surface area contributed by atoms with Crippen molar-refractivity contribution < 1.29 is 30.6 Å². The van der Waals surface area contributed by atoms with Crippen LogP contribution in [0.2, 0.25) is 0 Å². The first-order valence-corrected chi connectivity index (χ1v) is 11.9. The third-order valence-corrected chi connectivity index (χ3v) is 6.53. The van der Waals surface area contributed by atoms with Gasteiger partial charge in [-0.1, -0.05) is 75.7 Å². The zero-order valence-corrected chi connectivity index (χ0v) is 20.0. The molecule has 5 atom stereocenters. The van der Waals surface area contributed by atoms with E-state index < -0.39 is 36.1 Å². The van der Waals surface area contributed by atoms with Gasteiger partial charge in [-0.2, -0.15) is 0 Å². The molecule has 2 aromatic carbocycles. The SMILES string of the molecule is CCCC(O)(Cc1cccc(CC)c1)[C@@H](O)[C@@](O)(Cc1cccc(CC)c1)[C@H](O)[C@@H](O)CO. The van der Waals surface area contributed by atoms with Crippen LogP contribution in [-0.2, 0) is 25.7 Å². The summed E-state index contributed by atoms with van der Waals surface area (Å²) in [6.07, 6.45) is -3.22. The quantitative estimate of drug-likeness (QED) is 0.272. The summed E-state index contributed by atoms with van der Waals surface area (Å²) in [7, 11) is 0. The number of hydrogen-bond acceptors (Lipinski definition) is 6. The predicted molar refractivity (Wildman–Crippen MR) is 129 cm³/mol. The molecule has 6 heteroatoms. The molecular formula is C27H40O6. The summed E-state index contributed by atoms with van der Waals surface area (Å²) in [5.41, 5.74) is -0.524. The van der Waals surface area contributed by atoms with Gasteiger partial charge in [0.15, 0.2) is 0 Å². The fraction of sp³-hybridized carbons (Fsp3) is 0.556. The highest BCUT2D eigenvalue weighted by atomic mass is 16.4. The Labute approximate surface area is 197 Å². The van der Waals surface area contributed by atoms with Crippen molar-refractivity contribution in [3.05, 3.63) is 70.8 Å². The Morgan fingerprint density at radius 2 is 1.24 bits per heavy atom. The van der Waals surface area contributed by atoms with Crippen LogP contribution in [0.4, 0.5) is 0 Å². The van der Waals surface area contributed by atoms with E-state index in [1.807, 2.05) is 63.2 Å².